The van der Waals surface area contributed by atoms with E-state index in [9.17, 15) is 4.79 Å². The van der Waals surface area contributed by atoms with Crippen LogP contribution in [-0.4, -0.2) is 44.3 Å². The van der Waals surface area contributed by atoms with Crippen molar-refractivity contribution in [2.75, 3.05) is 38.7 Å². The molecule has 0 atom stereocenters. The lowest BCUT2D eigenvalue weighted by atomic mass is 10.4. The Labute approximate surface area is 113 Å². The quantitative estimate of drug-likeness (QED) is 0.654. The number of carbonyl (C=O) groups excluding carboxylic acids is 1. The fourth-order valence-corrected chi connectivity index (χ4v) is 1.35. The van der Waals surface area contributed by atoms with E-state index < -0.39 is 0 Å². The maximum Gasteiger partial charge on any atom is 0.238 e. The van der Waals surface area contributed by atoms with Crippen LogP contribution in [0.1, 0.15) is 13.3 Å². The van der Waals surface area contributed by atoms with Crippen LogP contribution in [0, 0.1) is 0 Å². The minimum absolute atomic E-state index is 0.0803. The second kappa shape index (κ2) is 9.29. The van der Waals surface area contributed by atoms with Crippen LogP contribution in [0.2, 0.25) is 0 Å². The first-order valence-electron chi connectivity index (χ1n) is 6.34. The largest absolute Gasteiger partial charge is 0.475 e. The van der Waals surface area contributed by atoms with Gasteiger partial charge >= 0.3 is 0 Å². The summed E-state index contributed by atoms with van der Waals surface area (Å²) in [5, 5.41) is 5.78. The van der Waals surface area contributed by atoms with E-state index in [-0.39, 0.29) is 5.91 Å². The number of anilines is 1. The average molecular weight is 267 g/mol. The topological polar surface area (TPSA) is 72.5 Å². The molecule has 106 valence electrons. The molecule has 0 unspecified atom stereocenters. The predicted molar refractivity (Wildman–Crippen MR) is 73.4 cm³/mol. The summed E-state index contributed by atoms with van der Waals surface area (Å²) in [6, 6.07) is 3.47. The van der Waals surface area contributed by atoms with Crippen LogP contribution < -0.4 is 15.4 Å². The summed E-state index contributed by atoms with van der Waals surface area (Å²) < 4.78 is 10.2. The Morgan fingerprint density at radius 2 is 2.21 bits per heavy atom. The Bertz CT molecular complexity index is 368. The number of carbonyl (C=O) groups is 1. The first-order chi connectivity index (χ1) is 9.26. The number of hydrogen-bond acceptors (Lipinski definition) is 5. The third kappa shape index (κ3) is 6.73. The highest BCUT2D eigenvalue weighted by Gasteiger charge is 2.02. The molecule has 19 heavy (non-hydrogen) atoms. The minimum Gasteiger partial charge on any atom is -0.475 e. The van der Waals surface area contributed by atoms with Crippen molar-refractivity contribution in [1.29, 1.82) is 0 Å². The van der Waals surface area contributed by atoms with Crippen LogP contribution in [0.3, 0.4) is 0 Å². The fraction of sp³-hybridized carbons (Fsp3) is 0.538. The van der Waals surface area contributed by atoms with Crippen molar-refractivity contribution in [1.82, 2.24) is 10.3 Å². The first kappa shape index (κ1) is 15.4. The highest BCUT2D eigenvalue weighted by atomic mass is 16.5. The van der Waals surface area contributed by atoms with Crippen LogP contribution in [0.15, 0.2) is 18.3 Å². The Morgan fingerprint density at radius 1 is 1.37 bits per heavy atom. The van der Waals surface area contributed by atoms with Gasteiger partial charge in [0.2, 0.25) is 11.8 Å². The monoisotopic (exact) mass is 267 g/mol. The van der Waals surface area contributed by atoms with E-state index in [4.69, 9.17) is 9.47 Å². The molecule has 1 aromatic rings. The van der Waals surface area contributed by atoms with Crippen molar-refractivity contribution < 1.29 is 14.3 Å². The normalized spacial score (nSPS) is 10.2. The zero-order chi connectivity index (χ0) is 13.9. The third-order valence-corrected chi connectivity index (χ3v) is 2.27. The molecule has 1 rings (SSSR count). The van der Waals surface area contributed by atoms with Gasteiger partial charge in [-0.2, -0.15) is 0 Å². The van der Waals surface area contributed by atoms with Crippen molar-refractivity contribution in [2.45, 2.75) is 13.3 Å². The summed E-state index contributed by atoms with van der Waals surface area (Å²) in [5.41, 5.74) is 0.655. The first-order valence-corrected chi connectivity index (χ1v) is 6.34. The van der Waals surface area contributed by atoms with Crippen molar-refractivity contribution in [3.05, 3.63) is 18.3 Å². The molecule has 0 saturated heterocycles. The highest BCUT2D eigenvalue weighted by molar-refractivity contribution is 5.92. The molecule has 1 aromatic heterocycles. The van der Waals surface area contributed by atoms with E-state index in [0.717, 1.165) is 13.0 Å². The standard InChI is InChI=1S/C13H21N3O3/c1-3-6-14-10-12(17)16-11-4-5-13(15-9-11)19-8-7-18-2/h4-5,9,14H,3,6-8,10H2,1-2H3,(H,16,17). The summed E-state index contributed by atoms with van der Waals surface area (Å²) >= 11 is 0. The van der Waals surface area contributed by atoms with Crippen LogP contribution in [0.4, 0.5) is 5.69 Å². The Hall–Kier alpha value is -1.66. The molecule has 0 bridgehead atoms. The third-order valence-electron chi connectivity index (χ3n) is 2.27. The summed E-state index contributed by atoms with van der Waals surface area (Å²) in [5.74, 6) is 0.433. The van der Waals surface area contributed by atoms with E-state index in [2.05, 4.69) is 22.5 Å². The lowest BCUT2D eigenvalue weighted by Crippen LogP contribution is -2.28. The molecule has 1 heterocycles. The van der Waals surface area contributed by atoms with Crippen molar-refractivity contribution in [2.24, 2.45) is 0 Å². The SMILES string of the molecule is CCCNCC(=O)Nc1ccc(OCCOC)nc1. The van der Waals surface area contributed by atoms with Gasteiger partial charge in [-0.1, -0.05) is 6.92 Å². The van der Waals surface area contributed by atoms with Gasteiger partial charge in [-0.3, -0.25) is 4.79 Å². The summed E-state index contributed by atoms with van der Waals surface area (Å²) in [6.07, 6.45) is 2.57. The van der Waals surface area contributed by atoms with Gasteiger partial charge in [0.25, 0.3) is 0 Å². The molecule has 0 aliphatic heterocycles. The van der Waals surface area contributed by atoms with E-state index in [1.165, 1.54) is 0 Å². The molecule has 0 aliphatic rings. The molecule has 0 spiro atoms. The van der Waals surface area contributed by atoms with E-state index in [1.807, 2.05) is 0 Å². The summed E-state index contributed by atoms with van der Waals surface area (Å²) in [4.78, 5) is 15.6. The van der Waals surface area contributed by atoms with Crippen LogP contribution >= 0.6 is 0 Å². The van der Waals surface area contributed by atoms with Gasteiger partial charge in [0.05, 0.1) is 25.0 Å². The molecule has 0 aliphatic carbocycles. The maximum absolute atomic E-state index is 11.5. The number of aromatic nitrogens is 1. The number of amides is 1. The molecule has 0 radical (unpaired) electrons. The highest BCUT2D eigenvalue weighted by Crippen LogP contribution is 2.11. The number of rotatable bonds is 9. The minimum atomic E-state index is -0.0803. The van der Waals surface area contributed by atoms with E-state index in [0.29, 0.717) is 31.3 Å². The number of pyridine rings is 1. The number of methoxy groups -OCH3 is 1. The number of hydrogen-bond donors (Lipinski definition) is 2. The van der Waals surface area contributed by atoms with Gasteiger partial charge in [0.15, 0.2) is 0 Å². The summed E-state index contributed by atoms with van der Waals surface area (Å²) in [6.45, 7) is 4.16. The van der Waals surface area contributed by atoms with Crippen molar-refractivity contribution >= 4 is 11.6 Å². The number of nitrogens with zero attached hydrogens (tertiary/aromatic N) is 1. The number of ether oxygens (including phenoxy) is 2. The van der Waals surface area contributed by atoms with E-state index >= 15 is 0 Å². The zero-order valence-electron chi connectivity index (χ0n) is 11.4. The van der Waals surface area contributed by atoms with Crippen molar-refractivity contribution in [3.8, 4) is 5.88 Å². The molecule has 6 heteroatoms. The van der Waals surface area contributed by atoms with Gasteiger partial charge in [-0.25, -0.2) is 4.98 Å². The van der Waals surface area contributed by atoms with Crippen LogP contribution in [0.5, 0.6) is 5.88 Å². The Balaban J connectivity index is 2.32. The molecule has 1 amide bonds. The van der Waals surface area contributed by atoms with Crippen molar-refractivity contribution in [3.63, 3.8) is 0 Å². The maximum atomic E-state index is 11.5. The lowest BCUT2D eigenvalue weighted by molar-refractivity contribution is -0.115. The second-order valence-electron chi connectivity index (χ2n) is 3.95. The molecule has 0 aromatic carbocycles. The Morgan fingerprint density at radius 3 is 2.84 bits per heavy atom. The average Bonchev–Trinajstić information content (AvgIpc) is 2.41. The molecule has 0 fully saturated rings. The van der Waals surface area contributed by atoms with E-state index in [1.54, 1.807) is 25.4 Å². The van der Waals surface area contributed by atoms with Gasteiger partial charge in [0, 0.05) is 13.2 Å². The fourth-order valence-electron chi connectivity index (χ4n) is 1.35. The molecule has 6 nitrogen and oxygen atoms in total. The molecule has 0 saturated carbocycles. The van der Waals surface area contributed by atoms with Crippen LogP contribution in [-0.2, 0) is 9.53 Å². The molecule has 2 N–H and O–H groups in total. The van der Waals surface area contributed by atoms with Gasteiger partial charge in [-0.05, 0) is 19.0 Å². The van der Waals surface area contributed by atoms with Gasteiger partial charge < -0.3 is 20.1 Å². The Kier molecular flexibility index (Phi) is 7.53. The van der Waals surface area contributed by atoms with Gasteiger partial charge in [-0.15, -0.1) is 0 Å². The summed E-state index contributed by atoms with van der Waals surface area (Å²) in [7, 11) is 1.61. The molecular formula is C13H21N3O3. The zero-order valence-corrected chi connectivity index (χ0v) is 11.4. The smallest absolute Gasteiger partial charge is 0.238 e. The predicted octanol–water partition coefficient (Wildman–Crippen LogP) is 1.04. The number of nitrogens with one attached hydrogen (secondary N) is 2. The molecular weight excluding hydrogens is 246 g/mol. The van der Waals surface area contributed by atoms with Gasteiger partial charge in [0.1, 0.15) is 6.61 Å². The second-order valence-corrected chi connectivity index (χ2v) is 3.95. The van der Waals surface area contributed by atoms with Crippen LogP contribution in [0.25, 0.3) is 0 Å². The lowest BCUT2D eigenvalue weighted by Gasteiger charge is -2.07.